The van der Waals surface area contributed by atoms with E-state index in [2.05, 4.69) is 19.9 Å². The van der Waals surface area contributed by atoms with Gasteiger partial charge in [0.2, 0.25) is 0 Å². The number of hydrogen-bond donors (Lipinski definition) is 0. The number of nitrogens with zero attached hydrogens (tertiary/aromatic N) is 1. The summed E-state index contributed by atoms with van der Waals surface area (Å²) in [5.41, 5.74) is 1.98. The van der Waals surface area contributed by atoms with E-state index in [1.54, 1.807) is 0 Å². The molecule has 0 bridgehead atoms. The molecule has 5 rings (SSSR count). The van der Waals surface area contributed by atoms with Gasteiger partial charge in [0.25, 0.3) is 0 Å². The summed E-state index contributed by atoms with van der Waals surface area (Å²) in [6.45, 7) is 4.94. The van der Waals surface area contributed by atoms with Crippen LogP contribution in [0.15, 0.2) is 11.6 Å². The van der Waals surface area contributed by atoms with Crippen molar-refractivity contribution in [3.63, 3.8) is 0 Å². The van der Waals surface area contributed by atoms with Crippen LogP contribution in [-0.4, -0.2) is 5.78 Å². The highest BCUT2D eigenvalue weighted by Crippen LogP contribution is 2.71. The fraction of sp³-hybridized carbons (Fsp3) is 0.826. The molecule has 8 atom stereocenters. The summed E-state index contributed by atoms with van der Waals surface area (Å²) in [4.78, 5) is 12.0. The standard InChI is InChI=1S/C23H31NO/c1-22-10-8-15(25)12-14(22)6-7-18-19(22)9-11-23(2)20(13-24)16-4-3-5-17(16)21(18)23/h12,16-21H,3-11H2,1-2H3/t16-,17+,18+,19-,20-,21-,22-,23+/m0/s1. The summed E-state index contributed by atoms with van der Waals surface area (Å²) < 4.78 is 0. The highest BCUT2D eigenvalue weighted by atomic mass is 16.1. The lowest BCUT2D eigenvalue weighted by Gasteiger charge is -2.58. The number of hydrogen-bond acceptors (Lipinski definition) is 2. The lowest BCUT2D eigenvalue weighted by molar-refractivity contribution is -0.117. The summed E-state index contributed by atoms with van der Waals surface area (Å²) in [5, 5.41) is 9.98. The second-order valence-electron chi connectivity index (χ2n) is 10.3. The molecule has 5 aliphatic rings. The van der Waals surface area contributed by atoms with E-state index in [9.17, 15) is 10.1 Å². The summed E-state index contributed by atoms with van der Waals surface area (Å²) in [7, 11) is 0. The fourth-order valence-corrected chi connectivity index (χ4v) is 8.62. The summed E-state index contributed by atoms with van der Waals surface area (Å²) in [6.07, 6.45) is 12.7. The van der Waals surface area contributed by atoms with Gasteiger partial charge in [-0.05, 0) is 91.4 Å². The first-order chi connectivity index (χ1) is 12.0. The molecule has 0 aromatic heterocycles. The van der Waals surface area contributed by atoms with Crippen molar-refractivity contribution < 1.29 is 4.79 Å². The van der Waals surface area contributed by atoms with Gasteiger partial charge in [-0.25, -0.2) is 0 Å². The van der Waals surface area contributed by atoms with E-state index in [0.717, 1.165) is 42.9 Å². The smallest absolute Gasteiger partial charge is 0.155 e. The highest BCUT2D eigenvalue weighted by Gasteiger charge is 2.65. The van der Waals surface area contributed by atoms with E-state index in [1.807, 2.05) is 6.08 Å². The maximum atomic E-state index is 12.0. The molecule has 0 aliphatic heterocycles. The molecule has 0 spiro atoms. The maximum Gasteiger partial charge on any atom is 0.155 e. The molecule has 0 heterocycles. The van der Waals surface area contributed by atoms with Gasteiger partial charge in [-0.1, -0.05) is 25.8 Å². The molecule has 0 aromatic carbocycles. The van der Waals surface area contributed by atoms with Crippen LogP contribution in [0.2, 0.25) is 0 Å². The van der Waals surface area contributed by atoms with Crippen LogP contribution in [0.3, 0.4) is 0 Å². The minimum atomic E-state index is 0.258. The van der Waals surface area contributed by atoms with Gasteiger partial charge in [0, 0.05) is 6.42 Å². The van der Waals surface area contributed by atoms with Crippen molar-refractivity contribution in [2.24, 2.45) is 46.3 Å². The maximum absolute atomic E-state index is 12.0. The molecule has 0 N–H and O–H groups in total. The zero-order valence-corrected chi connectivity index (χ0v) is 15.8. The number of carbonyl (C=O) groups excluding carboxylic acids is 1. The molecular formula is C23H31NO. The summed E-state index contributed by atoms with van der Waals surface area (Å²) in [6, 6.07) is 2.79. The number of ketones is 1. The van der Waals surface area contributed by atoms with Crippen LogP contribution >= 0.6 is 0 Å². The molecule has 0 saturated heterocycles. The number of carbonyl (C=O) groups is 1. The van der Waals surface area contributed by atoms with E-state index in [1.165, 1.54) is 44.1 Å². The third kappa shape index (κ3) is 1.93. The van der Waals surface area contributed by atoms with Crippen molar-refractivity contribution >= 4 is 5.78 Å². The van der Waals surface area contributed by atoms with Crippen molar-refractivity contribution in [2.75, 3.05) is 0 Å². The van der Waals surface area contributed by atoms with Crippen molar-refractivity contribution in [1.82, 2.24) is 0 Å². The molecule has 4 fully saturated rings. The molecule has 134 valence electrons. The average molecular weight is 338 g/mol. The first-order valence-corrected chi connectivity index (χ1v) is 10.6. The first kappa shape index (κ1) is 16.1. The van der Waals surface area contributed by atoms with Crippen LogP contribution in [0.5, 0.6) is 0 Å². The second kappa shape index (κ2) is 5.21. The molecule has 0 unspecified atom stereocenters. The Balaban J connectivity index is 1.55. The van der Waals surface area contributed by atoms with Gasteiger partial charge in [0.05, 0.1) is 12.0 Å². The van der Waals surface area contributed by atoms with E-state index >= 15 is 0 Å². The highest BCUT2D eigenvalue weighted by molar-refractivity contribution is 5.91. The topological polar surface area (TPSA) is 40.9 Å². The van der Waals surface area contributed by atoms with Gasteiger partial charge in [-0.3, -0.25) is 4.79 Å². The largest absolute Gasteiger partial charge is 0.295 e. The zero-order chi connectivity index (χ0) is 17.4. The first-order valence-electron chi connectivity index (χ1n) is 10.6. The van der Waals surface area contributed by atoms with Crippen LogP contribution in [0.25, 0.3) is 0 Å². The molecule has 25 heavy (non-hydrogen) atoms. The SMILES string of the molecule is C[C@]12CC[C@H]3[C@@H](CCC4=CC(=O)CC[C@@]43C)[C@@H]1[C@@H]1CCC[C@@H]1[C@@H]2C#N. The van der Waals surface area contributed by atoms with Crippen molar-refractivity contribution in [3.8, 4) is 6.07 Å². The molecular weight excluding hydrogens is 306 g/mol. The minimum Gasteiger partial charge on any atom is -0.295 e. The van der Waals surface area contributed by atoms with Crippen LogP contribution < -0.4 is 0 Å². The van der Waals surface area contributed by atoms with Crippen LogP contribution in [0.1, 0.15) is 71.6 Å². The summed E-state index contributed by atoms with van der Waals surface area (Å²) in [5.74, 6) is 4.43. The van der Waals surface area contributed by atoms with Crippen molar-refractivity contribution in [1.29, 1.82) is 5.26 Å². The van der Waals surface area contributed by atoms with Crippen LogP contribution in [0.4, 0.5) is 0 Å². The number of allylic oxidation sites excluding steroid dienone is 1. The second-order valence-corrected chi connectivity index (χ2v) is 10.3. The van der Waals surface area contributed by atoms with Crippen molar-refractivity contribution in [2.45, 2.75) is 71.6 Å². The predicted molar refractivity (Wildman–Crippen MR) is 97.4 cm³/mol. The van der Waals surface area contributed by atoms with E-state index in [4.69, 9.17) is 0 Å². The van der Waals surface area contributed by atoms with E-state index in [-0.39, 0.29) is 10.8 Å². The molecule has 4 saturated carbocycles. The molecule has 2 heteroatoms. The predicted octanol–water partition coefficient (Wildman–Crippen LogP) is 5.29. The van der Waals surface area contributed by atoms with Gasteiger partial charge in [-0.15, -0.1) is 0 Å². The van der Waals surface area contributed by atoms with Gasteiger partial charge in [0.15, 0.2) is 5.78 Å². The van der Waals surface area contributed by atoms with Gasteiger partial charge >= 0.3 is 0 Å². The van der Waals surface area contributed by atoms with Crippen molar-refractivity contribution in [3.05, 3.63) is 11.6 Å². The molecule has 0 amide bonds. The van der Waals surface area contributed by atoms with Crippen LogP contribution in [-0.2, 0) is 4.79 Å². The minimum absolute atomic E-state index is 0.258. The molecule has 2 nitrogen and oxygen atoms in total. The van der Waals surface area contributed by atoms with Crippen LogP contribution in [0, 0.1) is 57.7 Å². The third-order valence-electron chi connectivity index (χ3n) is 9.62. The number of fused-ring (bicyclic) bond motifs is 7. The normalized spacial score (nSPS) is 54.0. The Hall–Kier alpha value is -1.10. The molecule has 0 radical (unpaired) electrons. The Labute approximate surface area is 152 Å². The average Bonchev–Trinajstić information content (AvgIpc) is 3.12. The Bertz CT molecular complexity index is 687. The number of rotatable bonds is 0. The van der Waals surface area contributed by atoms with E-state index < -0.39 is 0 Å². The quantitative estimate of drug-likeness (QED) is 0.602. The molecule has 5 aliphatic carbocycles. The zero-order valence-electron chi connectivity index (χ0n) is 15.8. The Morgan fingerprint density at radius 1 is 1.04 bits per heavy atom. The fourth-order valence-electron chi connectivity index (χ4n) is 8.62. The monoisotopic (exact) mass is 337 g/mol. The Kier molecular flexibility index (Phi) is 3.36. The number of nitriles is 1. The van der Waals surface area contributed by atoms with Gasteiger partial charge in [0.1, 0.15) is 0 Å². The summed E-state index contributed by atoms with van der Waals surface area (Å²) >= 11 is 0. The third-order valence-corrected chi connectivity index (χ3v) is 9.62. The van der Waals surface area contributed by atoms with Gasteiger partial charge in [-0.2, -0.15) is 5.26 Å². The Morgan fingerprint density at radius 2 is 1.84 bits per heavy atom. The lowest BCUT2D eigenvalue weighted by atomic mass is 9.46. The van der Waals surface area contributed by atoms with Gasteiger partial charge < -0.3 is 0 Å². The lowest BCUT2D eigenvalue weighted by Crippen LogP contribution is -2.51. The van der Waals surface area contributed by atoms with E-state index in [0.29, 0.717) is 17.6 Å². The Morgan fingerprint density at radius 3 is 2.64 bits per heavy atom. The molecule has 0 aromatic rings.